The number of aryl methyl sites for hydroxylation is 3. The smallest absolute Gasteiger partial charge is 0.0426 e. The molecule has 0 bridgehead atoms. The summed E-state index contributed by atoms with van der Waals surface area (Å²) in [4.78, 5) is 6.02. The molecule has 1 atom stereocenters. The molecule has 0 aliphatic rings. The van der Waals surface area contributed by atoms with Gasteiger partial charge in [0.05, 0.1) is 0 Å². The Labute approximate surface area is 119 Å². The summed E-state index contributed by atoms with van der Waals surface area (Å²) in [5, 5.41) is 5.74. The van der Waals surface area contributed by atoms with E-state index < -0.39 is 0 Å². The maximum Gasteiger partial charge on any atom is 0.0426 e. The van der Waals surface area contributed by atoms with E-state index in [-0.39, 0.29) is 0 Å². The summed E-state index contributed by atoms with van der Waals surface area (Å²) in [6, 6.07) is 6.83. The number of aromatic nitrogens is 1. The van der Waals surface area contributed by atoms with Gasteiger partial charge in [-0.05, 0) is 62.8 Å². The molecule has 0 aliphatic heterocycles. The molecule has 2 nitrogen and oxygen atoms in total. The number of hydrogen-bond acceptors (Lipinski definition) is 3. The van der Waals surface area contributed by atoms with Crippen molar-refractivity contribution >= 4 is 11.3 Å². The second kappa shape index (κ2) is 6.31. The number of nitrogens with one attached hydrogen (secondary N) is 1. The molecule has 19 heavy (non-hydrogen) atoms. The summed E-state index contributed by atoms with van der Waals surface area (Å²) in [5.74, 6) is 0. The van der Waals surface area contributed by atoms with Crippen LogP contribution < -0.4 is 5.32 Å². The molecule has 0 radical (unpaired) electrons. The van der Waals surface area contributed by atoms with Crippen LogP contribution in [0.3, 0.4) is 0 Å². The maximum absolute atomic E-state index is 4.58. The van der Waals surface area contributed by atoms with Crippen molar-refractivity contribution in [1.82, 2.24) is 10.3 Å². The topological polar surface area (TPSA) is 24.9 Å². The van der Waals surface area contributed by atoms with E-state index in [4.69, 9.17) is 0 Å². The number of nitrogens with zero attached hydrogens (tertiary/aromatic N) is 1. The monoisotopic (exact) mass is 274 g/mol. The molecule has 102 valence electrons. The van der Waals surface area contributed by atoms with Gasteiger partial charge < -0.3 is 5.32 Å². The lowest BCUT2D eigenvalue weighted by Gasteiger charge is -2.19. The van der Waals surface area contributed by atoms with Gasteiger partial charge in [-0.2, -0.15) is 0 Å². The fourth-order valence-corrected chi connectivity index (χ4v) is 3.37. The first-order valence-electron chi connectivity index (χ1n) is 6.78. The second-order valence-corrected chi connectivity index (χ2v) is 6.12. The quantitative estimate of drug-likeness (QED) is 0.892. The van der Waals surface area contributed by atoms with Crippen molar-refractivity contribution < 1.29 is 0 Å². The van der Waals surface area contributed by atoms with E-state index in [2.05, 4.69) is 61.6 Å². The maximum atomic E-state index is 4.58. The van der Waals surface area contributed by atoms with Gasteiger partial charge in [0, 0.05) is 28.9 Å². The summed E-state index contributed by atoms with van der Waals surface area (Å²) in [5.41, 5.74) is 4.93. The third-order valence-corrected chi connectivity index (χ3v) is 4.36. The highest BCUT2D eigenvalue weighted by Gasteiger charge is 2.12. The van der Waals surface area contributed by atoms with Gasteiger partial charge >= 0.3 is 0 Å². The Kier molecular flexibility index (Phi) is 4.72. The molecule has 0 aromatic carbocycles. The Morgan fingerprint density at radius 1 is 1.32 bits per heavy atom. The van der Waals surface area contributed by atoms with Crippen LogP contribution in [0, 0.1) is 20.8 Å². The fourth-order valence-electron chi connectivity index (χ4n) is 2.66. The van der Waals surface area contributed by atoms with Crippen LogP contribution in [-0.4, -0.2) is 11.5 Å². The van der Waals surface area contributed by atoms with Gasteiger partial charge in [-0.1, -0.05) is 6.07 Å². The number of hydrogen-bond donors (Lipinski definition) is 1. The van der Waals surface area contributed by atoms with Gasteiger partial charge in [0.25, 0.3) is 0 Å². The van der Waals surface area contributed by atoms with Gasteiger partial charge in [0.2, 0.25) is 0 Å². The zero-order chi connectivity index (χ0) is 13.8. The van der Waals surface area contributed by atoms with Crippen molar-refractivity contribution in [3.8, 4) is 0 Å². The third-order valence-electron chi connectivity index (χ3n) is 3.42. The predicted molar refractivity (Wildman–Crippen MR) is 82.9 cm³/mol. The van der Waals surface area contributed by atoms with Gasteiger partial charge in [0.1, 0.15) is 0 Å². The standard InChI is InChI=1S/C16H22N2S/c1-11-10-12(2)18-14(4)16(11)13(3)17-8-7-15-6-5-9-19-15/h5-6,9-10,13,17H,7-8H2,1-4H3. The minimum Gasteiger partial charge on any atom is -0.310 e. The average Bonchev–Trinajstić information content (AvgIpc) is 2.80. The number of thiophene rings is 1. The molecule has 3 heteroatoms. The Morgan fingerprint density at radius 2 is 2.11 bits per heavy atom. The van der Waals surface area contributed by atoms with Crippen LogP contribution in [0.25, 0.3) is 0 Å². The summed E-state index contributed by atoms with van der Waals surface area (Å²) in [6.45, 7) is 9.56. The molecular weight excluding hydrogens is 252 g/mol. The van der Waals surface area contributed by atoms with Crippen molar-refractivity contribution in [2.24, 2.45) is 0 Å². The third kappa shape index (κ3) is 3.64. The highest BCUT2D eigenvalue weighted by Crippen LogP contribution is 2.21. The van der Waals surface area contributed by atoms with Crippen molar-refractivity contribution in [1.29, 1.82) is 0 Å². The van der Waals surface area contributed by atoms with E-state index in [1.54, 1.807) is 0 Å². The molecule has 1 unspecified atom stereocenters. The molecule has 0 saturated heterocycles. The van der Waals surface area contributed by atoms with Gasteiger partial charge in [-0.15, -0.1) is 11.3 Å². The van der Waals surface area contributed by atoms with E-state index in [1.165, 1.54) is 16.0 Å². The minimum atomic E-state index is 0.355. The first-order chi connectivity index (χ1) is 9.08. The molecule has 1 N–H and O–H groups in total. The number of rotatable bonds is 5. The van der Waals surface area contributed by atoms with Crippen LogP contribution >= 0.6 is 11.3 Å². The highest BCUT2D eigenvalue weighted by atomic mass is 32.1. The fraction of sp³-hybridized carbons (Fsp3) is 0.438. The van der Waals surface area contributed by atoms with Crippen molar-refractivity contribution in [2.45, 2.75) is 40.2 Å². The number of pyridine rings is 1. The highest BCUT2D eigenvalue weighted by molar-refractivity contribution is 7.09. The minimum absolute atomic E-state index is 0.355. The Bertz CT molecular complexity index is 509. The van der Waals surface area contributed by atoms with E-state index >= 15 is 0 Å². The van der Waals surface area contributed by atoms with Gasteiger partial charge in [-0.3, -0.25) is 4.98 Å². The first kappa shape index (κ1) is 14.2. The lowest BCUT2D eigenvalue weighted by molar-refractivity contribution is 0.571. The lowest BCUT2D eigenvalue weighted by atomic mass is 10.0. The largest absolute Gasteiger partial charge is 0.310 e. The SMILES string of the molecule is Cc1cc(C)c(C(C)NCCc2cccs2)c(C)n1. The second-order valence-electron chi connectivity index (χ2n) is 5.08. The van der Waals surface area contributed by atoms with Crippen LogP contribution in [-0.2, 0) is 6.42 Å². The summed E-state index contributed by atoms with van der Waals surface area (Å²) in [7, 11) is 0. The first-order valence-corrected chi connectivity index (χ1v) is 7.66. The Morgan fingerprint density at radius 3 is 2.74 bits per heavy atom. The molecule has 0 saturated carbocycles. The van der Waals surface area contributed by atoms with Crippen LogP contribution in [0.1, 0.15) is 40.4 Å². The summed E-state index contributed by atoms with van der Waals surface area (Å²) in [6.07, 6.45) is 1.10. The van der Waals surface area contributed by atoms with Gasteiger partial charge in [0.15, 0.2) is 0 Å². The Hall–Kier alpha value is -1.19. The molecule has 2 rings (SSSR count). The average molecular weight is 274 g/mol. The van der Waals surface area contributed by atoms with E-state index in [9.17, 15) is 0 Å². The summed E-state index contributed by atoms with van der Waals surface area (Å²) < 4.78 is 0. The predicted octanol–water partition coefficient (Wildman–Crippen LogP) is 3.96. The summed E-state index contributed by atoms with van der Waals surface area (Å²) >= 11 is 1.83. The van der Waals surface area contributed by atoms with E-state index in [1.807, 2.05) is 11.3 Å². The normalized spacial score (nSPS) is 12.6. The molecule has 0 aliphatic carbocycles. The zero-order valence-corrected chi connectivity index (χ0v) is 13.0. The zero-order valence-electron chi connectivity index (χ0n) is 12.2. The molecule has 0 amide bonds. The molecule has 0 fully saturated rings. The lowest BCUT2D eigenvalue weighted by Crippen LogP contribution is -2.23. The van der Waals surface area contributed by atoms with Crippen LogP contribution in [0.5, 0.6) is 0 Å². The Balaban J connectivity index is 1.98. The van der Waals surface area contributed by atoms with Crippen molar-refractivity contribution in [2.75, 3.05) is 6.54 Å². The van der Waals surface area contributed by atoms with Crippen LogP contribution in [0.4, 0.5) is 0 Å². The van der Waals surface area contributed by atoms with Crippen LogP contribution in [0.2, 0.25) is 0 Å². The van der Waals surface area contributed by atoms with E-state index in [0.29, 0.717) is 6.04 Å². The van der Waals surface area contributed by atoms with Crippen molar-refractivity contribution in [3.63, 3.8) is 0 Å². The van der Waals surface area contributed by atoms with Crippen molar-refractivity contribution in [3.05, 3.63) is 51.0 Å². The van der Waals surface area contributed by atoms with Crippen LogP contribution in [0.15, 0.2) is 23.6 Å². The molecule has 2 aromatic heterocycles. The molecule has 2 aromatic rings. The molecule has 2 heterocycles. The molecule has 0 spiro atoms. The van der Waals surface area contributed by atoms with Gasteiger partial charge in [-0.25, -0.2) is 0 Å². The molecular formula is C16H22N2S. The van der Waals surface area contributed by atoms with E-state index in [0.717, 1.165) is 24.4 Å².